The summed E-state index contributed by atoms with van der Waals surface area (Å²) in [6.45, 7) is 5.63. The lowest BCUT2D eigenvalue weighted by Crippen LogP contribution is -2.09. The van der Waals surface area contributed by atoms with Crippen LogP contribution in [0.4, 0.5) is 0 Å². The molecule has 1 rings (SSSR count). The standard InChI is InChI=1S/C22H38O4S/c1-3-4-5-6-7-8-9-10-11-12-18-25-19-13-20-26-27(23,24)22-16-14-21(2)15-17-22/h14-17H,3-13,18-20H2,1-2H3. The van der Waals surface area contributed by atoms with Crippen molar-refractivity contribution in [1.82, 2.24) is 0 Å². The first-order chi connectivity index (χ1) is 13.1. The Morgan fingerprint density at radius 3 is 1.81 bits per heavy atom. The maximum Gasteiger partial charge on any atom is 0.296 e. The van der Waals surface area contributed by atoms with Gasteiger partial charge in [-0.3, -0.25) is 4.18 Å². The quantitative estimate of drug-likeness (QED) is 0.237. The summed E-state index contributed by atoms with van der Waals surface area (Å²) in [6.07, 6.45) is 13.7. The summed E-state index contributed by atoms with van der Waals surface area (Å²) >= 11 is 0. The molecule has 0 aliphatic carbocycles. The molecule has 0 aliphatic heterocycles. The number of ether oxygens (including phenoxy) is 1. The summed E-state index contributed by atoms with van der Waals surface area (Å²) < 4.78 is 34.7. The van der Waals surface area contributed by atoms with E-state index in [0.717, 1.165) is 18.6 Å². The molecule has 0 atom stereocenters. The summed E-state index contributed by atoms with van der Waals surface area (Å²) in [4.78, 5) is 0.208. The normalized spacial score (nSPS) is 11.8. The van der Waals surface area contributed by atoms with E-state index in [0.29, 0.717) is 13.0 Å². The van der Waals surface area contributed by atoms with Gasteiger partial charge in [0.15, 0.2) is 0 Å². The van der Waals surface area contributed by atoms with Gasteiger partial charge in [-0.25, -0.2) is 0 Å². The Morgan fingerprint density at radius 2 is 1.22 bits per heavy atom. The maximum atomic E-state index is 12.0. The highest BCUT2D eigenvalue weighted by molar-refractivity contribution is 7.86. The van der Waals surface area contributed by atoms with Crippen LogP contribution in [0.2, 0.25) is 0 Å². The van der Waals surface area contributed by atoms with Crippen LogP contribution in [0.15, 0.2) is 29.2 Å². The van der Waals surface area contributed by atoms with E-state index >= 15 is 0 Å². The molecule has 4 nitrogen and oxygen atoms in total. The van der Waals surface area contributed by atoms with Gasteiger partial charge in [0.25, 0.3) is 10.1 Å². The molecule has 0 spiro atoms. The predicted molar refractivity (Wildman–Crippen MR) is 112 cm³/mol. The Labute approximate surface area is 166 Å². The van der Waals surface area contributed by atoms with Gasteiger partial charge >= 0.3 is 0 Å². The molecule has 0 saturated heterocycles. The van der Waals surface area contributed by atoms with Gasteiger partial charge in [0.05, 0.1) is 11.5 Å². The molecular weight excluding hydrogens is 360 g/mol. The molecule has 0 aliphatic rings. The third-order valence-electron chi connectivity index (χ3n) is 4.62. The van der Waals surface area contributed by atoms with Gasteiger partial charge in [0.1, 0.15) is 0 Å². The zero-order chi connectivity index (χ0) is 19.8. The molecule has 0 bridgehead atoms. The molecule has 0 fully saturated rings. The van der Waals surface area contributed by atoms with Crippen LogP contribution in [0.25, 0.3) is 0 Å². The lowest BCUT2D eigenvalue weighted by molar-refractivity contribution is 0.116. The molecule has 0 saturated carbocycles. The first-order valence-corrected chi connectivity index (χ1v) is 12.0. The second-order valence-corrected chi connectivity index (χ2v) is 8.85. The van der Waals surface area contributed by atoms with Crippen molar-refractivity contribution in [1.29, 1.82) is 0 Å². The van der Waals surface area contributed by atoms with Gasteiger partial charge in [-0.2, -0.15) is 8.42 Å². The zero-order valence-corrected chi connectivity index (χ0v) is 18.1. The Morgan fingerprint density at radius 1 is 0.704 bits per heavy atom. The second-order valence-electron chi connectivity index (χ2n) is 7.24. The van der Waals surface area contributed by atoms with Crippen molar-refractivity contribution in [2.75, 3.05) is 19.8 Å². The fourth-order valence-corrected chi connectivity index (χ4v) is 3.84. The van der Waals surface area contributed by atoms with Crippen LogP contribution >= 0.6 is 0 Å². The number of unbranched alkanes of at least 4 members (excludes halogenated alkanes) is 9. The number of hydrogen-bond acceptors (Lipinski definition) is 4. The van der Waals surface area contributed by atoms with Gasteiger partial charge in [-0.1, -0.05) is 82.4 Å². The van der Waals surface area contributed by atoms with Crippen molar-refractivity contribution in [2.45, 2.75) is 89.4 Å². The van der Waals surface area contributed by atoms with E-state index in [4.69, 9.17) is 8.92 Å². The SMILES string of the molecule is CCCCCCCCCCCCOCCCOS(=O)(=O)c1ccc(C)cc1. The Hall–Kier alpha value is -0.910. The first kappa shape index (κ1) is 24.1. The van der Waals surface area contributed by atoms with Gasteiger partial charge < -0.3 is 4.74 Å². The van der Waals surface area contributed by atoms with Crippen LogP contribution in [-0.2, 0) is 19.0 Å². The summed E-state index contributed by atoms with van der Waals surface area (Å²) in [6, 6.07) is 6.69. The monoisotopic (exact) mass is 398 g/mol. The van der Waals surface area contributed by atoms with Crippen LogP contribution in [0.1, 0.15) is 83.1 Å². The molecule has 0 amide bonds. The van der Waals surface area contributed by atoms with E-state index in [9.17, 15) is 8.42 Å². The highest BCUT2D eigenvalue weighted by Gasteiger charge is 2.14. The number of benzene rings is 1. The molecule has 27 heavy (non-hydrogen) atoms. The van der Waals surface area contributed by atoms with E-state index in [1.807, 2.05) is 6.92 Å². The Balaban J connectivity index is 1.91. The topological polar surface area (TPSA) is 52.6 Å². The zero-order valence-electron chi connectivity index (χ0n) is 17.3. The lowest BCUT2D eigenvalue weighted by Gasteiger charge is -2.07. The largest absolute Gasteiger partial charge is 0.381 e. The average Bonchev–Trinajstić information content (AvgIpc) is 2.65. The maximum absolute atomic E-state index is 12.0. The highest BCUT2D eigenvalue weighted by atomic mass is 32.2. The predicted octanol–water partition coefficient (Wildman–Crippen LogP) is 6.03. The van der Waals surface area contributed by atoms with Gasteiger partial charge in [-0.05, 0) is 31.9 Å². The minimum atomic E-state index is -3.65. The van der Waals surface area contributed by atoms with Crippen LogP contribution in [-0.4, -0.2) is 28.2 Å². The van der Waals surface area contributed by atoms with Crippen molar-refractivity contribution in [3.63, 3.8) is 0 Å². The van der Waals surface area contributed by atoms with Crippen molar-refractivity contribution < 1.29 is 17.3 Å². The van der Waals surface area contributed by atoms with E-state index in [2.05, 4.69) is 6.92 Å². The van der Waals surface area contributed by atoms with Gasteiger partial charge in [-0.15, -0.1) is 0 Å². The highest BCUT2D eigenvalue weighted by Crippen LogP contribution is 2.13. The lowest BCUT2D eigenvalue weighted by atomic mass is 10.1. The average molecular weight is 399 g/mol. The Kier molecular flexibility index (Phi) is 13.5. The van der Waals surface area contributed by atoms with Gasteiger partial charge in [0, 0.05) is 13.2 Å². The number of hydrogen-bond donors (Lipinski definition) is 0. The molecular formula is C22H38O4S. The van der Waals surface area contributed by atoms with E-state index in [-0.39, 0.29) is 11.5 Å². The van der Waals surface area contributed by atoms with Crippen molar-refractivity contribution >= 4 is 10.1 Å². The van der Waals surface area contributed by atoms with Crippen LogP contribution < -0.4 is 0 Å². The molecule has 0 radical (unpaired) electrons. The first-order valence-electron chi connectivity index (χ1n) is 10.6. The summed E-state index contributed by atoms with van der Waals surface area (Å²) in [5.41, 5.74) is 1.02. The fraction of sp³-hybridized carbons (Fsp3) is 0.727. The molecule has 5 heteroatoms. The van der Waals surface area contributed by atoms with Crippen molar-refractivity contribution in [2.24, 2.45) is 0 Å². The second kappa shape index (κ2) is 15.1. The molecule has 0 N–H and O–H groups in total. The molecule has 0 heterocycles. The van der Waals surface area contributed by atoms with Crippen molar-refractivity contribution in [3.8, 4) is 0 Å². The fourth-order valence-electron chi connectivity index (χ4n) is 2.90. The minimum Gasteiger partial charge on any atom is -0.381 e. The molecule has 1 aromatic rings. The molecule has 0 aromatic heterocycles. The minimum absolute atomic E-state index is 0.161. The van der Waals surface area contributed by atoms with E-state index in [1.54, 1.807) is 24.3 Å². The molecule has 0 unspecified atom stereocenters. The summed E-state index contributed by atoms with van der Waals surface area (Å²) in [5, 5.41) is 0. The number of aryl methyl sites for hydroxylation is 1. The van der Waals surface area contributed by atoms with Crippen molar-refractivity contribution in [3.05, 3.63) is 29.8 Å². The van der Waals surface area contributed by atoms with Crippen LogP contribution in [0.5, 0.6) is 0 Å². The van der Waals surface area contributed by atoms with Gasteiger partial charge in [0.2, 0.25) is 0 Å². The van der Waals surface area contributed by atoms with E-state index < -0.39 is 10.1 Å². The van der Waals surface area contributed by atoms with Crippen LogP contribution in [0, 0.1) is 6.92 Å². The van der Waals surface area contributed by atoms with E-state index in [1.165, 1.54) is 57.8 Å². The smallest absolute Gasteiger partial charge is 0.296 e. The molecule has 1 aromatic carbocycles. The Bertz CT molecular complexity index is 566. The van der Waals surface area contributed by atoms with Crippen LogP contribution in [0.3, 0.4) is 0 Å². The third-order valence-corrected chi connectivity index (χ3v) is 5.95. The number of rotatable bonds is 17. The summed E-state index contributed by atoms with van der Waals surface area (Å²) in [5.74, 6) is 0. The third kappa shape index (κ3) is 12.2. The summed E-state index contributed by atoms with van der Waals surface area (Å²) in [7, 11) is -3.65. The molecule has 156 valence electrons.